The van der Waals surface area contributed by atoms with Gasteiger partial charge in [0.1, 0.15) is 0 Å². The lowest BCUT2D eigenvalue weighted by Crippen LogP contribution is -2.13. The van der Waals surface area contributed by atoms with Gasteiger partial charge in [0.2, 0.25) is 17.3 Å². The van der Waals surface area contributed by atoms with Crippen LogP contribution in [0.5, 0.6) is 0 Å². The molecule has 0 saturated heterocycles. The largest absolute Gasteiger partial charge is 0.476 e. The summed E-state index contributed by atoms with van der Waals surface area (Å²) in [6, 6.07) is 0. The van der Waals surface area contributed by atoms with Gasteiger partial charge in [-0.05, 0) is 10.3 Å². The number of nitrogens with zero attached hydrogens (tertiary/aromatic N) is 5. The molecule has 0 aliphatic carbocycles. The molecule has 11 nitrogen and oxygen atoms in total. The highest BCUT2D eigenvalue weighted by Gasteiger charge is 2.28. The predicted molar refractivity (Wildman–Crippen MR) is 47.5 cm³/mol. The minimum Gasteiger partial charge on any atom is -0.476 e. The van der Waals surface area contributed by atoms with E-state index in [1.165, 1.54) is 0 Å². The van der Waals surface area contributed by atoms with Crippen LogP contribution in [0.25, 0.3) is 5.82 Å². The second kappa shape index (κ2) is 3.55. The smallest absolute Gasteiger partial charge is 0.359 e. The fourth-order valence-electron chi connectivity index (χ4n) is 1.10. The van der Waals surface area contributed by atoms with E-state index in [1.54, 1.807) is 0 Å². The Morgan fingerprint density at radius 1 is 1.24 bits per heavy atom. The van der Waals surface area contributed by atoms with Crippen molar-refractivity contribution in [1.82, 2.24) is 25.3 Å². The molecule has 0 fully saturated rings. The Balaban J connectivity index is 2.68. The summed E-state index contributed by atoms with van der Waals surface area (Å²) >= 11 is 0. The first kappa shape index (κ1) is 10.5. The van der Waals surface area contributed by atoms with Crippen molar-refractivity contribution >= 4 is 17.8 Å². The van der Waals surface area contributed by atoms with Gasteiger partial charge in [-0.2, -0.15) is 4.68 Å². The van der Waals surface area contributed by atoms with Crippen molar-refractivity contribution in [3.05, 3.63) is 11.4 Å². The summed E-state index contributed by atoms with van der Waals surface area (Å²) in [6.45, 7) is 0. The van der Waals surface area contributed by atoms with E-state index in [1.807, 2.05) is 0 Å². The van der Waals surface area contributed by atoms with E-state index < -0.39 is 23.3 Å². The third-order valence-electron chi connectivity index (χ3n) is 1.77. The van der Waals surface area contributed by atoms with E-state index in [9.17, 15) is 9.59 Å². The number of carboxylic acids is 2. The molecule has 0 bridgehead atoms. The highest BCUT2D eigenvalue weighted by molar-refractivity contribution is 5.99. The second-order valence-corrected chi connectivity index (χ2v) is 2.78. The maximum atomic E-state index is 10.9. The molecule has 0 amide bonds. The number of nitrogens with two attached hydrogens (primary N) is 1. The number of nitrogen functional groups attached to an aromatic ring is 1. The number of rotatable bonds is 3. The van der Waals surface area contributed by atoms with Gasteiger partial charge >= 0.3 is 11.9 Å². The molecule has 0 aromatic carbocycles. The van der Waals surface area contributed by atoms with Crippen LogP contribution in [0, 0.1) is 0 Å². The van der Waals surface area contributed by atoms with Crippen molar-refractivity contribution in [2.75, 3.05) is 5.73 Å². The van der Waals surface area contributed by atoms with Crippen LogP contribution in [0.4, 0.5) is 5.82 Å². The molecule has 0 aliphatic heterocycles. The van der Waals surface area contributed by atoms with Crippen LogP contribution in [0.1, 0.15) is 21.0 Å². The molecule has 2 heterocycles. The van der Waals surface area contributed by atoms with Gasteiger partial charge in [-0.25, -0.2) is 14.2 Å². The predicted octanol–water partition coefficient (Wildman–Crippen LogP) is -1.37. The van der Waals surface area contributed by atoms with Gasteiger partial charge in [0, 0.05) is 0 Å². The average molecular weight is 240 g/mol. The van der Waals surface area contributed by atoms with E-state index in [0.29, 0.717) is 4.68 Å². The van der Waals surface area contributed by atoms with Crippen LogP contribution in [-0.2, 0) is 0 Å². The number of aromatic nitrogens is 5. The first-order chi connectivity index (χ1) is 8.02. The Morgan fingerprint density at radius 2 is 1.94 bits per heavy atom. The van der Waals surface area contributed by atoms with Crippen molar-refractivity contribution in [1.29, 1.82) is 0 Å². The number of anilines is 1. The molecule has 17 heavy (non-hydrogen) atoms. The molecule has 88 valence electrons. The van der Waals surface area contributed by atoms with Gasteiger partial charge in [-0.1, -0.05) is 5.21 Å². The molecule has 2 aromatic rings. The lowest BCUT2D eigenvalue weighted by atomic mass is 10.3. The molecule has 4 N–H and O–H groups in total. The maximum Gasteiger partial charge on any atom is 0.359 e. The number of carboxylic acid groups (broad SMARTS) is 2. The Hall–Kier alpha value is -2.98. The van der Waals surface area contributed by atoms with Gasteiger partial charge in [0.15, 0.2) is 5.69 Å². The van der Waals surface area contributed by atoms with Crippen molar-refractivity contribution < 1.29 is 24.4 Å². The summed E-state index contributed by atoms with van der Waals surface area (Å²) < 4.78 is 4.87. The van der Waals surface area contributed by atoms with Crippen LogP contribution in [0.2, 0.25) is 0 Å². The van der Waals surface area contributed by atoms with Crippen LogP contribution in [0.3, 0.4) is 0 Å². The summed E-state index contributed by atoms with van der Waals surface area (Å²) in [5, 5.41) is 30.6. The molecule has 0 saturated carbocycles. The van der Waals surface area contributed by atoms with E-state index in [-0.39, 0.29) is 11.6 Å². The van der Waals surface area contributed by atoms with E-state index >= 15 is 0 Å². The zero-order chi connectivity index (χ0) is 12.6. The van der Waals surface area contributed by atoms with Crippen LogP contribution in [-0.4, -0.2) is 47.5 Å². The van der Waals surface area contributed by atoms with Crippen molar-refractivity contribution in [3.63, 3.8) is 0 Å². The lowest BCUT2D eigenvalue weighted by molar-refractivity contribution is 0.0642. The normalized spacial score (nSPS) is 10.4. The van der Waals surface area contributed by atoms with Gasteiger partial charge < -0.3 is 15.9 Å². The quantitative estimate of drug-likeness (QED) is 0.581. The highest BCUT2D eigenvalue weighted by Crippen LogP contribution is 2.15. The Kier molecular flexibility index (Phi) is 2.20. The summed E-state index contributed by atoms with van der Waals surface area (Å²) in [4.78, 5) is 21.7. The molecule has 0 atom stereocenters. The minimum atomic E-state index is -1.55. The van der Waals surface area contributed by atoms with Crippen LogP contribution >= 0.6 is 0 Å². The Bertz CT molecular complexity index is 600. The van der Waals surface area contributed by atoms with E-state index in [4.69, 9.17) is 15.9 Å². The summed E-state index contributed by atoms with van der Waals surface area (Å²) in [5.74, 6) is -3.57. The minimum absolute atomic E-state index is 0.241. The van der Waals surface area contributed by atoms with Crippen LogP contribution in [0.15, 0.2) is 4.63 Å². The van der Waals surface area contributed by atoms with Crippen molar-refractivity contribution in [2.45, 2.75) is 0 Å². The van der Waals surface area contributed by atoms with Gasteiger partial charge in [0.25, 0.3) is 0 Å². The standard InChI is InChI=1S/C6H4N6O5/c7-3-4(10-17-9-3)12-2(6(15)16)1(5(13)14)8-11-12/h(H2,7,9)(H,13,14)(H,15,16). The molecule has 0 unspecified atom stereocenters. The molecule has 0 aliphatic rings. The van der Waals surface area contributed by atoms with Crippen molar-refractivity contribution in [3.8, 4) is 5.82 Å². The first-order valence-corrected chi connectivity index (χ1v) is 4.03. The molecular weight excluding hydrogens is 236 g/mol. The topological polar surface area (TPSA) is 170 Å². The highest BCUT2D eigenvalue weighted by atomic mass is 16.6. The fourth-order valence-corrected chi connectivity index (χ4v) is 1.10. The lowest BCUT2D eigenvalue weighted by Gasteiger charge is -1.97. The van der Waals surface area contributed by atoms with Crippen LogP contribution < -0.4 is 5.73 Å². The molecule has 2 aromatic heterocycles. The summed E-state index contributed by atoms with van der Waals surface area (Å²) in [7, 11) is 0. The number of hydrogen-bond acceptors (Lipinski definition) is 8. The maximum absolute atomic E-state index is 10.9. The third kappa shape index (κ3) is 1.54. The number of hydrogen-bond donors (Lipinski definition) is 3. The van der Waals surface area contributed by atoms with Crippen molar-refractivity contribution in [2.24, 2.45) is 0 Å². The zero-order valence-corrected chi connectivity index (χ0v) is 7.93. The van der Waals surface area contributed by atoms with E-state index in [2.05, 4.69) is 25.3 Å². The summed E-state index contributed by atoms with van der Waals surface area (Å²) in [6.07, 6.45) is 0. The SMILES string of the molecule is Nc1nonc1-n1nnc(C(=O)O)c1C(=O)O. The molecular formula is C6H4N6O5. The fraction of sp³-hybridized carbons (Fsp3) is 0. The third-order valence-corrected chi connectivity index (χ3v) is 1.77. The monoisotopic (exact) mass is 240 g/mol. The van der Waals surface area contributed by atoms with E-state index in [0.717, 1.165) is 0 Å². The summed E-state index contributed by atoms with van der Waals surface area (Å²) in [5.41, 5.74) is 3.90. The molecule has 11 heteroatoms. The van der Waals surface area contributed by atoms with Gasteiger partial charge in [-0.15, -0.1) is 5.10 Å². The van der Waals surface area contributed by atoms with Gasteiger partial charge in [0.05, 0.1) is 0 Å². The zero-order valence-electron chi connectivity index (χ0n) is 7.93. The number of aromatic carboxylic acids is 2. The first-order valence-electron chi connectivity index (χ1n) is 4.03. The molecule has 0 spiro atoms. The molecule has 2 rings (SSSR count). The molecule has 0 radical (unpaired) electrons. The Labute approximate surface area is 91.4 Å². The average Bonchev–Trinajstić information content (AvgIpc) is 2.82. The second-order valence-electron chi connectivity index (χ2n) is 2.78. The number of carbonyl (C=O) groups is 2. The Morgan fingerprint density at radius 3 is 2.41 bits per heavy atom. The van der Waals surface area contributed by atoms with Gasteiger partial charge in [-0.3, -0.25) is 0 Å².